The van der Waals surface area contributed by atoms with Crippen LogP contribution in [0.3, 0.4) is 0 Å². The molecule has 0 atom stereocenters. The Labute approximate surface area is 173 Å². The van der Waals surface area contributed by atoms with Gasteiger partial charge in [0, 0.05) is 11.6 Å². The Bertz CT molecular complexity index is 1150. The van der Waals surface area contributed by atoms with Crippen molar-refractivity contribution >= 4 is 33.3 Å². The summed E-state index contributed by atoms with van der Waals surface area (Å²) < 4.78 is 26.7. The van der Waals surface area contributed by atoms with Crippen molar-refractivity contribution in [3.05, 3.63) is 95.3 Å². The lowest BCUT2D eigenvalue weighted by molar-refractivity contribution is -0.681. The molecular weight excluding hydrogens is 414 g/mol. The molecular formula is C20H17ClN3O4S+. The maximum absolute atomic E-state index is 12.7. The van der Waals surface area contributed by atoms with E-state index in [1.807, 2.05) is 0 Å². The quantitative estimate of drug-likeness (QED) is 0.161. The zero-order valence-corrected chi connectivity index (χ0v) is 16.7. The van der Waals surface area contributed by atoms with Gasteiger partial charge in [-0.15, -0.1) is 0 Å². The van der Waals surface area contributed by atoms with Crippen molar-refractivity contribution in [2.75, 3.05) is 0 Å². The van der Waals surface area contributed by atoms with E-state index in [9.17, 15) is 18.0 Å². The molecule has 1 amide bonds. The van der Waals surface area contributed by atoms with Crippen LogP contribution >= 0.6 is 11.6 Å². The van der Waals surface area contributed by atoms with Crippen molar-refractivity contribution < 1.29 is 22.6 Å². The summed E-state index contributed by atoms with van der Waals surface area (Å²) in [5, 5.41) is -0.0968. The number of halogens is 1. The summed E-state index contributed by atoms with van der Waals surface area (Å²) in [5.74, 6) is 4.40. The first-order chi connectivity index (χ1) is 13.8. The highest BCUT2D eigenvalue weighted by Crippen LogP contribution is 2.18. The second-order valence-electron chi connectivity index (χ2n) is 6.05. The van der Waals surface area contributed by atoms with Crippen molar-refractivity contribution in [1.82, 2.24) is 4.41 Å². The van der Waals surface area contributed by atoms with E-state index >= 15 is 0 Å². The summed E-state index contributed by atoms with van der Waals surface area (Å²) in [6, 6.07) is 18.8. The van der Waals surface area contributed by atoms with E-state index in [0.29, 0.717) is 5.56 Å². The highest BCUT2D eigenvalue weighted by atomic mass is 35.5. The van der Waals surface area contributed by atoms with Crippen LogP contribution in [0, 0.1) is 0 Å². The van der Waals surface area contributed by atoms with Crippen LogP contribution in [0.4, 0.5) is 0 Å². The molecule has 3 rings (SSSR count). The minimum absolute atomic E-state index is 0.0968. The van der Waals surface area contributed by atoms with Crippen LogP contribution in [0.25, 0.3) is 0 Å². The van der Waals surface area contributed by atoms with Crippen LogP contribution < -0.4 is 10.4 Å². The maximum Gasteiger partial charge on any atom is 0.289 e. The van der Waals surface area contributed by atoms with E-state index in [0.717, 1.165) is 0 Å². The topological polar surface area (TPSA) is 101 Å². The number of hydrogen-bond acceptors (Lipinski definition) is 5. The Morgan fingerprint density at radius 1 is 0.931 bits per heavy atom. The minimum Gasteiger partial charge on any atom is -0.287 e. The van der Waals surface area contributed by atoms with Crippen LogP contribution in [0.2, 0.25) is 5.15 Å². The molecule has 3 aromatic rings. The van der Waals surface area contributed by atoms with Crippen molar-refractivity contribution in [1.29, 1.82) is 0 Å². The number of benzene rings is 2. The molecule has 0 bridgehead atoms. The van der Waals surface area contributed by atoms with Gasteiger partial charge in [-0.2, -0.15) is 17.4 Å². The van der Waals surface area contributed by atoms with Gasteiger partial charge < -0.3 is 0 Å². The molecule has 2 aromatic carbocycles. The molecule has 0 aliphatic rings. The zero-order chi connectivity index (χ0) is 21.0. The average molecular weight is 431 g/mol. The molecule has 1 aromatic heterocycles. The first kappa shape index (κ1) is 20.7. The fraction of sp³-hybridized carbons (Fsp3) is 0.0500. The first-order valence-electron chi connectivity index (χ1n) is 8.48. The Balaban J connectivity index is 1.89. The molecule has 7 nitrogen and oxygen atoms in total. The van der Waals surface area contributed by atoms with E-state index in [4.69, 9.17) is 17.4 Å². The van der Waals surface area contributed by atoms with Gasteiger partial charge in [-0.05, 0) is 29.8 Å². The number of hydrogen-bond donors (Lipinski definition) is 1. The van der Waals surface area contributed by atoms with Crippen LogP contribution in [0.1, 0.15) is 20.7 Å². The molecule has 9 heteroatoms. The Hall–Kier alpha value is -3.07. The third kappa shape index (κ3) is 4.34. The summed E-state index contributed by atoms with van der Waals surface area (Å²) in [4.78, 5) is 25.0. The molecule has 0 spiro atoms. The number of hydrazine groups is 1. The van der Waals surface area contributed by atoms with Gasteiger partial charge in [0.25, 0.3) is 21.1 Å². The third-order valence-electron chi connectivity index (χ3n) is 4.14. The second kappa shape index (κ2) is 8.52. The fourth-order valence-corrected chi connectivity index (χ4v) is 3.92. The number of pyridine rings is 1. The number of sulfonamides is 1. The van der Waals surface area contributed by atoms with Gasteiger partial charge >= 0.3 is 0 Å². The smallest absolute Gasteiger partial charge is 0.287 e. The Morgan fingerprint density at radius 3 is 2.14 bits per heavy atom. The number of rotatable bonds is 6. The molecule has 0 aliphatic heterocycles. The summed E-state index contributed by atoms with van der Waals surface area (Å²) in [6.45, 7) is -0.125. The van der Waals surface area contributed by atoms with Crippen LogP contribution in [0.5, 0.6) is 0 Å². The van der Waals surface area contributed by atoms with E-state index in [1.165, 1.54) is 47.2 Å². The van der Waals surface area contributed by atoms with Crippen LogP contribution in [0.15, 0.2) is 83.9 Å². The number of nitrogens with zero attached hydrogens (tertiary/aromatic N) is 2. The lowest BCUT2D eigenvalue weighted by atomic mass is 10.1. The Kier molecular flexibility index (Phi) is 6.07. The van der Waals surface area contributed by atoms with E-state index in [1.54, 1.807) is 36.4 Å². The molecule has 0 unspecified atom stereocenters. The minimum atomic E-state index is -4.26. The van der Waals surface area contributed by atoms with Gasteiger partial charge in [0.2, 0.25) is 12.3 Å². The average Bonchev–Trinajstić information content (AvgIpc) is 2.75. The van der Waals surface area contributed by atoms with Crippen molar-refractivity contribution in [2.24, 2.45) is 5.84 Å². The zero-order valence-electron chi connectivity index (χ0n) is 15.1. The molecule has 2 N–H and O–H groups in total. The van der Waals surface area contributed by atoms with Crippen LogP contribution in [-0.2, 0) is 16.6 Å². The molecule has 29 heavy (non-hydrogen) atoms. The number of nitrogens with two attached hydrogens (primary N) is 1. The van der Waals surface area contributed by atoms with Crippen LogP contribution in [-0.4, -0.2) is 24.5 Å². The second-order valence-corrected chi connectivity index (χ2v) is 8.22. The fourth-order valence-electron chi connectivity index (χ4n) is 2.62. The first-order valence-corrected chi connectivity index (χ1v) is 10.3. The number of aromatic nitrogens is 1. The van der Waals surface area contributed by atoms with Crippen molar-refractivity contribution in [3.8, 4) is 0 Å². The standard InChI is InChI=1S/C20H17ClN3O4S/c21-19-17(20(26)24(22)29(27,28)16-10-5-2-6-11-16)12-7-13-23(19)14-18(25)15-8-3-1-4-9-15/h1-13H,14,22H2/q+1. The van der Waals surface area contributed by atoms with Crippen molar-refractivity contribution in [2.45, 2.75) is 11.4 Å². The number of amides is 1. The van der Waals surface area contributed by atoms with Gasteiger partial charge in [0.15, 0.2) is 6.20 Å². The molecule has 0 fully saturated rings. The predicted octanol–water partition coefficient (Wildman–Crippen LogP) is 2.22. The molecule has 148 valence electrons. The van der Waals surface area contributed by atoms with E-state index in [2.05, 4.69) is 0 Å². The van der Waals surface area contributed by atoms with Gasteiger partial charge in [-0.3, -0.25) is 9.59 Å². The van der Waals surface area contributed by atoms with Gasteiger partial charge in [0.05, 0.1) is 4.90 Å². The molecule has 0 radical (unpaired) electrons. The predicted molar refractivity (Wildman–Crippen MR) is 106 cm³/mol. The van der Waals surface area contributed by atoms with Gasteiger partial charge in [-0.1, -0.05) is 48.5 Å². The molecule has 0 saturated heterocycles. The Morgan fingerprint density at radius 2 is 1.52 bits per heavy atom. The highest BCUT2D eigenvalue weighted by Gasteiger charge is 2.31. The van der Waals surface area contributed by atoms with Gasteiger partial charge in [0.1, 0.15) is 5.56 Å². The summed E-state index contributed by atoms with van der Waals surface area (Å²) in [5.41, 5.74) is 0.344. The summed E-state index contributed by atoms with van der Waals surface area (Å²) >= 11 is 6.29. The lowest BCUT2D eigenvalue weighted by Gasteiger charge is -2.16. The third-order valence-corrected chi connectivity index (χ3v) is 6.12. The normalized spacial score (nSPS) is 11.1. The lowest BCUT2D eigenvalue weighted by Crippen LogP contribution is -2.45. The molecule has 0 saturated carbocycles. The monoisotopic (exact) mass is 430 g/mol. The number of Topliss-reactive ketones (excluding diaryl/α,β-unsaturated/α-hetero) is 1. The molecule has 0 aliphatic carbocycles. The van der Waals surface area contributed by atoms with Crippen molar-refractivity contribution in [3.63, 3.8) is 0 Å². The molecule has 1 heterocycles. The largest absolute Gasteiger partial charge is 0.289 e. The maximum atomic E-state index is 12.7. The number of ketones is 1. The summed E-state index contributed by atoms with van der Waals surface area (Å²) in [6.07, 6.45) is 1.52. The number of carbonyl (C=O) groups is 2. The van der Waals surface area contributed by atoms with E-state index in [-0.39, 0.29) is 32.4 Å². The number of carbonyl (C=O) groups excluding carboxylic acids is 2. The highest BCUT2D eigenvalue weighted by molar-refractivity contribution is 7.89. The SMILES string of the molecule is NN(C(=O)c1ccc[n+](CC(=O)c2ccccc2)c1Cl)S(=O)(=O)c1ccccc1. The van der Waals surface area contributed by atoms with E-state index < -0.39 is 15.9 Å². The van der Waals surface area contributed by atoms with Gasteiger partial charge in [-0.25, -0.2) is 5.84 Å². The summed E-state index contributed by atoms with van der Waals surface area (Å²) in [7, 11) is -4.26.